The largest absolute Gasteiger partial charge is 0.437 e. The SMILES string of the molecule is [2H]C([2H])(C)c1cc(-c2c(C)ccc3c2oc2nc(C(C)C)ccc23)[n+](C)cc1C(C)C.[2H]C([2H])(C)c1cc(-c2c(C)ccc3c2oc2nc(C(C)C)ccc23)[n+](C)cc1C([2H])(C)C([2H])([2H])[2H].[2H]C([2H])(C)c1cc(-c2c(C)ccc3c2oc2nc(CC)ccc23)[n+](C)cc1C([2H])(C)C([2H])([2H])[2H].[2H]C([2H])(C)c1cc(-c2c(C)ccc3c2oc2nc(CC)ccc23)[n+](C)cc1C([2H])(C)C([2H])([2H])[2H]. The van der Waals surface area contributed by atoms with Gasteiger partial charge in [-0.15, -0.1) is 0 Å². The van der Waals surface area contributed by atoms with E-state index in [1.807, 2.05) is 121 Å². The van der Waals surface area contributed by atoms with Crippen molar-refractivity contribution in [3.05, 3.63) is 236 Å². The topological polar surface area (TPSA) is 120 Å². The van der Waals surface area contributed by atoms with Crippen LogP contribution in [-0.4, -0.2) is 19.9 Å². The van der Waals surface area contributed by atoms with Crippen molar-refractivity contribution in [3.63, 3.8) is 0 Å². The summed E-state index contributed by atoms with van der Waals surface area (Å²) in [4.78, 5) is 18.7. The Bertz CT molecular complexity index is 7070. The van der Waals surface area contributed by atoms with E-state index < -0.39 is 63.7 Å². The number of pyridine rings is 8. The molecule has 16 rings (SSSR count). The van der Waals surface area contributed by atoms with Crippen LogP contribution in [0.2, 0.25) is 0 Å². The Hall–Kier alpha value is -10.7. The predicted octanol–water partition coefficient (Wildman–Crippen LogP) is 25.2. The highest BCUT2D eigenvalue weighted by Crippen LogP contribution is 2.43. The number of aromatic nitrogens is 8. The minimum absolute atomic E-state index is 0.133. The first-order chi connectivity index (χ1) is 61.8. The highest BCUT2D eigenvalue weighted by molar-refractivity contribution is 6.12. The highest BCUT2D eigenvalue weighted by atomic mass is 16.4. The van der Waals surface area contributed by atoms with Crippen molar-refractivity contribution in [1.82, 2.24) is 19.9 Å². The fourth-order valence-corrected chi connectivity index (χ4v) is 15.5. The van der Waals surface area contributed by atoms with Crippen LogP contribution in [0.3, 0.4) is 0 Å². The Kier molecular flexibility index (Phi) is 17.3. The molecule has 16 aromatic rings. The number of furan rings is 4. The summed E-state index contributed by atoms with van der Waals surface area (Å²) < 4.78 is 197. The molecule has 114 heavy (non-hydrogen) atoms. The number of aryl methyl sites for hydroxylation is 14. The van der Waals surface area contributed by atoms with E-state index in [1.165, 1.54) is 41.5 Å². The maximum atomic E-state index is 8.64. The molecule has 0 radical (unpaired) electrons. The summed E-state index contributed by atoms with van der Waals surface area (Å²) >= 11 is 0. The fraction of sp³-hybridized carbons (Fsp3) is 0.373. The van der Waals surface area contributed by atoms with E-state index in [4.69, 9.17) is 55.1 Å². The molecule has 0 amide bonds. The molecule has 0 bridgehead atoms. The molecule has 3 unspecified atom stereocenters. The summed E-state index contributed by atoms with van der Waals surface area (Å²) in [5.41, 5.74) is 21.7. The zero-order valence-electron chi connectivity index (χ0n) is 90.2. The molecule has 12 heteroatoms. The average molecular weight is 1540 g/mol. The molecule has 0 aliphatic rings. The maximum Gasteiger partial charge on any atom is 0.227 e. The quantitative estimate of drug-likeness (QED) is 0.0878. The summed E-state index contributed by atoms with van der Waals surface area (Å²) in [5.74, 6) is -5.14. The number of fused-ring (bicyclic) bond motifs is 12. The second-order valence-electron chi connectivity index (χ2n) is 30.9. The Morgan fingerprint density at radius 2 is 0.570 bits per heavy atom. The first-order valence-electron chi connectivity index (χ1n) is 49.3. The van der Waals surface area contributed by atoms with Crippen LogP contribution in [0.25, 0.3) is 133 Å². The normalized spacial score (nSPS) is 16.9. The lowest BCUT2D eigenvalue weighted by molar-refractivity contribution is -0.661. The third kappa shape index (κ3) is 15.4. The third-order valence-corrected chi connectivity index (χ3v) is 22.0. The molecule has 0 aliphatic carbocycles. The van der Waals surface area contributed by atoms with Gasteiger partial charge in [-0.25, -0.2) is 38.2 Å². The van der Waals surface area contributed by atoms with Gasteiger partial charge in [0.05, 0.1) is 22.3 Å². The van der Waals surface area contributed by atoms with E-state index >= 15 is 0 Å². The molecule has 12 aromatic heterocycles. The molecule has 4 aromatic carbocycles. The van der Waals surface area contributed by atoms with Crippen LogP contribution >= 0.6 is 0 Å². The minimum Gasteiger partial charge on any atom is -0.437 e. The van der Waals surface area contributed by atoms with Crippen LogP contribution in [0.5, 0.6) is 0 Å². The van der Waals surface area contributed by atoms with Crippen molar-refractivity contribution in [2.45, 2.75) is 226 Å². The summed E-state index contributed by atoms with van der Waals surface area (Å²) in [5, 5.41) is 7.46. The van der Waals surface area contributed by atoms with Gasteiger partial charge in [0.25, 0.3) is 0 Å². The summed E-state index contributed by atoms with van der Waals surface area (Å²) in [7, 11) is 7.35. The molecule has 12 nitrogen and oxygen atoms in total. The zero-order valence-corrected chi connectivity index (χ0v) is 70.2. The van der Waals surface area contributed by atoms with E-state index in [0.29, 0.717) is 62.6 Å². The fourth-order valence-electron chi connectivity index (χ4n) is 15.5. The van der Waals surface area contributed by atoms with Gasteiger partial charge in [0.15, 0.2) is 47.1 Å². The van der Waals surface area contributed by atoms with Gasteiger partial charge in [-0.2, -0.15) is 0 Å². The second kappa shape index (κ2) is 33.4. The van der Waals surface area contributed by atoms with Crippen molar-refractivity contribution < 1.29 is 63.4 Å². The van der Waals surface area contributed by atoms with Gasteiger partial charge >= 0.3 is 0 Å². The van der Waals surface area contributed by atoms with Gasteiger partial charge in [-0.1, -0.05) is 173 Å². The monoisotopic (exact) mass is 1540 g/mol. The van der Waals surface area contributed by atoms with Crippen molar-refractivity contribution in [2.75, 3.05) is 0 Å². The molecule has 0 N–H and O–H groups in total. The molecular weight excluding hydrogens is 1400 g/mol. The van der Waals surface area contributed by atoms with Gasteiger partial charge in [0.1, 0.15) is 28.2 Å². The first kappa shape index (κ1) is 59.0. The Balaban J connectivity index is 0.000000152. The molecule has 0 spiro atoms. The van der Waals surface area contributed by atoms with Crippen LogP contribution in [0.1, 0.15) is 277 Å². The standard InChI is InChI=1S/2C26H31N2O.2C25H29N2O/c2*1-8-18-13-23(28(7)14-21(18)15(2)3)24-17(6)9-10-19-20-11-12-22(16(4)5)27-26(20)29-25(19)24;2*1-7-17-13-22(27(6)14-21(17)15(3)4)23-16(5)9-11-19-20-12-10-18(8-2)26-25(20)28-24(19)23/h2*9-16H,8H2,1-7H3;2*9-15H,7-8H2,1-6H3/q4*+1/i2D3,8D2,15D;8D2;2*3D3,7D2,15D. The number of rotatable bonds is 16. The van der Waals surface area contributed by atoms with E-state index in [1.54, 1.807) is 78.6 Å². The molecule has 3 atom stereocenters. The molecule has 0 saturated heterocycles. The molecule has 12 heterocycles. The molecule has 588 valence electrons. The summed E-state index contributed by atoms with van der Waals surface area (Å²) in [6, 6.07) is 39.3. The van der Waals surface area contributed by atoms with Crippen LogP contribution in [0.15, 0.2) is 164 Å². The van der Waals surface area contributed by atoms with E-state index in [0.717, 1.165) is 146 Å². The second-order valence-corrected chi connectivity index (χ2v) is 30.9. The minimum atomic E-state index is -2.63. The zero-order chi connectivity index (χ0) is 99.2. The van der Waals surface area contributed by atoms with Crippen molar-refractivity contribution in [3.8, 4) is 45.0 Å². The van der Waals surface area contributed by atoms with Crippen LogP contribution in [0, 0.1) is 27.7 Å². The number of nitrogens with zero attached hydrogens (tertiary/aromatic N) is 8. The number of hydrogen-bond donors (Lipinski definition) is 0. The lowest BCUT2D eigenvalue weighted by Crippen LogP contribution is -2.32. The number of benzene rings is 4. The van der Waals surface area contributed by atoms with Crippen molar-refractivity contribution in [1.29, 1.82) is 0 Å². The van der Waals surface area contributed by atoms with E-state index in [-0.39, 0.29) is 45.2 Å². The predicted molar refractivity (Wildman–Crippen MR) is 472 cm³/mol. The number of hydrogen-bond acceptors (Lipinski definition) is 8. The Morgan fingerprint density at radius 3 is 0.816 bits per heavy atom. The molecule has 0 fully saturated rings. The van der Waals surface area contributed by atoms with Gasteiger partial charge in [-0.05, 0) is 195 Å². The van der Waals surface area contributed by atoms with Crippen LogP contribution in [-0.2, 0) is 66.5 Å². The van der Waals surface area contributed by atoms with Crippen LogP contribution in [0.4, 0.5) is 0 Å². The van der Waals surface area contributed by atoms with Crippen molar-refractivity contribution >= 4 is 88.3 Å². The van der Waals surface area contributed by atoms with Gasteiger partial charge in [0.2, 0.25) is 45.6 Å². The lowest BCUT2D eigenvalue weighted by atomic mass is 9.94. The molecule has 0 aliphatic heterocycles. The Labute approximate surface area is 703 Å². The summed E-state index contributed by atoms with van der Waals surface area (Å²) in [6.07, 6.45) is 1.33. The molecule has 0 saturated carbocycles. The van der Waals surface area contributed by atoms with Gasteiger partial charge < -0.3 is 17.7 Å². The van der Waals surface area contributed by atoms with Gasteiger partial charge in [-0.3, -0.25) is 0 Å². The van der Waals surface area contributed by atoms with E-state index in [9.17, 15) is 0 Å². The molecular formula is C102H120N8O4+4. The third-order valence-electron chi connectivity index (χ3n) is 22.0. The maximum absolute atomic E-state index is 8.64. The van der Waals surface area contributed by atoms with E-state index in [2.05, 4.69) is 93.5 Å². The lowest BCUT2D eigenvalue weighted by Gasteiger charge is -2.13. The smallest absolute Gasteiger partial charge is 0.227 e. The van der Waals surface area contributed by atoms with Crippen molar-refractivity contribution in [2.24, 2.45) is 28.2 Å². The highest BCUT2D eigenvalue weighted by Gasteiger charge is 2.30. The average Bonchev–Trinajstić information content (AvgIpc) is 1.43. The Morgan fingerprint density at radius 1 is 0.325 bits per heavy atom. The van der Waals surface area contributed by atoms with Crippen LogP contribution < -0.4 is 18.3 Å². The van der Waals surface area contributed by atoms with Gasteiger partial charge in [0, 0.05) is 140 Å². The summed E-state index contributed by atoms with van der Waals surface area (Å²) in [6.45, 7) is 26.5. The first-order valence-corrected chi connectivity index (χ1v) is 39.3.